The first-order valence-electron chi connectivity index (χ1n) is 8.59. The van der Waals surface area contributed by atoms with Crippen LogP contribution in [-0.2, 0) is 4.74 Å². The number of aryl methyl sites for hydroxylation is 1. The summed E-state index contributed by atoms with van der Waals surface area (Å²) in [5.41, 5.74) is 1.97. The molecule has 0 aromatic heterocycles. The fourth-order valence-electron chi connectivity index (χ4n) is 3.14. The van der Waals surface area contributed by atoms with Crippen molar-refractivity contribution in [1.29, 1.82) is 0 Å². The van der Waals surface area contributed by atoms with Gasteiger partial charge in [0.1, 0.15) is 0 Å². The number of rotatable bonds is 8. The van der Waals surface area contributed by atoms with Crippen molar-refractivity contribution in [3.05, 3.63) is 35.4 Å². The predicted molar refractivity (Wildman–Crippen MR) is 90.4 cm³/mol. The summed E-state index contributed by atoms with van der Waals surface area (Å²) in [6, 6.07) is 7.88. The lowest BCUT2D eigenvalue weighted by Gasteiger charge is -2.31. The minimum atomic E-state index is 0.282. The van der Waals surface area contributed by atoms with E-state index in [1.807, 2.05) is 31.2 Å². The van der Waals surface area contributed by atoms with E-state index < -0.39 is 0 Å². The summed E-state index contributed by atoms with van der Waals surface area (Å²) in [5, 5.41) is 0. The average Bonchev–Trinajstić information content (AvgIpc) is 2.54. The largest absolute Gasteiger partial charge is 0.381 e. The monoisotopic (exact) mass is 303 g/mol. The van der Waals surface area contributed by atoms with Gasteiger partial charge in [-0.25, -0.2) is 0 Å². The Morgan fingerprint density at radius 1 is 1.27 bits per heavy atom. The SMILES string of the molecule is CCOCC1CCN(CCCC(=O)c2ccccc2C)CC1. The number of nitrogens with zero attached hydrogens (tertiary/aromatic N) is 1. The average molecular weight is 303 g/mol. The second-order valence-corrected chi connectivity index (χ2v) is 6.29. The molecule has 22 heavy (non-hydrogen) atoms. The second-order valence-electron chi connectivity index (χ2n) is 6.29. The van der Waals surface area contributed by atoms with E-state index >= 15 is 0 Å². The zero-order valence-electron chi connectivity index (χ0n) is 14.0. The third-order valence-electron chi connectivity index (χ3n) is 4.59. The molecule has 0 N–H and O–H groups in total. The molecule has 1 aliphatic heterocycles. The van der Waals surface area contributed by atoms with Crippen molar-refractivity contribution in [2.75, 3.05) is 32.8 Å². The summed E-state index contributed by atoms with van der Waals surface area (Å²) in [6.45, 7) is 9.14. The van der Waals surface area contributed by atoms with Crippen LogP contribution in [0.2, 0.25) is 0 Å². The molecule has 3 nitrogen and oxygen atoms in total. The van der Waals surface area contributed by atoms with E-state index in [-0.39, 0.29) is 5.78 Å². The topological polar surface area (TPSA) is 29.5 Å². The zero-order valence-corrected chi connectivity index (χ0v) is 14.0. The number of hydrogen-bond donors (Lipinski definition) is 0. The molecule has 1 aromatic carbocycles. The molecule has 1 saturated heterocycles. The predicted octanol–water partition coefficient (Wildman–Crippen LogP) is 3.71. The van der Waals surface area contributed by atoms with Crippen molar-refractivity contribution in [1.82, 2.24) is 4.90 Å². The van der Waals surface area contributed by atoms with Gasteiger partial charge < -0.3 is 9.64 Å². The van der Waals surface area contributed by atoms with Gasteiger partial charge in [0.2, 0.25) is 0 Å². The Kier molecular flexibility index (Phi) is 7.07. The number of hydrogen-bond acceptors (Lipinski definition) is 3. The van der Waals surface area contributed by atoms with Crippen LogP contribution in [0.3, 0.4) is 0 Å². The summed E-state index contributed by atoms with van der Waals surface area (Å²) in [7, 11) is 0. The summed E-state index contributed by atoms with van der Waals surface area (Å²) >= 11 is 0. The Balaban J connectivity index is 1.65. The van der Waals surface area contributed by atoms with Crippen molar-refractivity contribution >= 4 is 5.78 Å². The minimum Gasteiger partial charge on any atom is -0.381 e. The van der Waals surface area contributed by atoms with Crippen molar-refractivity contribution in [2.24, 2.45) is 5.92 Å². The van der Waals surface area contributed by atoms with Crippen LogP contribution in [0.1, 0.15) is 48.5 Å². The number of carbonyl (C=O) groups is 1. The molecular formula is C19H29NO2. The van der Waals surface area contributed by atoms with Gasteiger partial charge in [-0.1, -0.05) is 24.3 Å². The Labute approximate surface area is 134 Å². The maximum Gasteiger partial charge on any atom is 0.163 e. The van der Waals surface area contributed by atoms with Crippen molar-refractivity contribution < 1.29 is 9.53 Å². The molecule has 2 rings (SSSR count). The molecule has 0 aliphatic carbocycles. The fraction of sp³-hybridized carbons (Fsp3) is 0.632. The number of benzene rings is 1. The normalized spacial score (nSPS) is 16.8. The number of Topliss-reactive ketones (excluding diaryl/α,β-unsaturated/α-hetero) is 1. The van der Waals surface area contributed by atoms with Gasteiger partial charge in [0.15, 0.2) is 5.78 Å². The van der Waals surface area contributed by atoms with Crippen LogP contribution in [0.15, 0.2) is 24.3 Å². The van der Waals surface area contributed by atoms with Gasteiger partial charge in [-0.15, -0.1) is 0 Å². The molecule has 0 saturated carbocycles. The standard InChI is InChI=1S/C19H29NO2/c1-3-22-15-17-10-13-20(14-11-17)12-6-9-19(21)18-8-5-4-7-16(18)2/h4-5,7-8,17H,3,6,9-15H2,1-2H3. The lowest BCUT2D eigenvalue weighted by atomic mass is 9.97. The van der Waals surface area contributed by atoms with E-state index in [9.17, 15) is 4.79 Å². The number of carbonyl (C=O) groups excluding carboxylic acids is 1. The molecule has 1 aliphatic rings. The van der Waals surface area contributed by atoms with Gasteiger partial charge in [-0.05, 0) is 64.2 Å². The fourth-order valence-corrected chi connectivity index (χ4v) is 3.14. The van der Waals surface area contributed by atoms with E-state index in [4.69, 9.17) is 4.74 Å². The smallest absolute Gasteiger partial charge is 0.163 e. The molecular weight excluding hydrogens is 274 g/mol. The van der Waals surface area contributed by atoms with Crippen LogP contribution in [0.4, 0.5) is 0 Å². The van der Waals surface area contributed by atoms with Crippen LogP contribution in [0.25, 0.3) is 0 Å². The summed E-state index contributed by atoms with van der Waals surface area (Å²) < 4.78 is 5.52. The molecule has 0 bridgehead atoms. The molecule has 0 atom stereocenters. The van der Waals surface area contributed by atoms with E-state index in [0.29, 0.717) is 6.42 Å². The molecule has 0 unspecified atom stereocenters. The zero-order chi connectivity index (χ0) is 15.8. The summed E-state index contributed by atoms with van der Waals surface area (Å²) in [5.74, 6) is 1.01. The highest BCUT2D eigenvalue weighted by Crippen LogP contribution is 2.18. The van der Waals surface area contributed by atoms with Crippen LogP contribution in [0, 0.1) is 12.8 Å². The number of piperidine rings is 1. The van der Waals surface area contributed by atoms with Crippen LogP contribution >= 0.6 is 0 Å². The van der Waals surface area contributed by atoms with Gasteiger partial charge >= 0.3 is 0 Å². The lowest BCUT2D eigenvalue weighted by molar-refractivity contribution is 0.0733. The maximum absolute atomic E-state index is 12.2. The molecule has 3 heteroatoms. The Morgan fingerprint density at radius 2 is 2.00 bits per heavy atom. The quantitative estimate of drug-likeness (QED) is 0.686. The van der Waals surface area contributed by atoms with Crippen LogP contribution < -0.4 is 0 Å². The van der Waals surface area contributed by atoms with E-state index in [1.54, 1.807) is 0 Å². The highest BCUT2D eigenvalue weighted by molar-refractivity contribution is 5.97. The van der Waals surface area contributed by atoms with Gasteiger partial charge in [-0.2, -0.15) is 0 Å². The molecule has 0 radical (unpaired) electrons. The highest BCUT2D eigenvalue weighted by Gasteiger charge is 2.19. The Hall–Kier alpha value is -1.19. The first kappa shape index (κ1) is 17.2. The van der Waals surface area contributed by atoms with E-state index in [0.717, 1.165) is 56.3 Å². The third kappa shape index (κ3) is 5.22. The molecule has 1 heterocycles. The Bertz CT molecular complexity index is 464. The van der Waals surface area contributed by atoms with Gasteiger partial charge in [0.05, 0.1) is 0 Å². The van der Waals surface area contributed by atoms with E-state index in [1.165, 1.54) is 12.8 Å². The molecule has 1 aromatic rings. The van der Waals surface area contributed by atoms with Gasteiger partial charge in [0, 0.05) is 25.2 Å². The van der Waals surface area contributed by atoms with Crippen molar-refractivity contribution in [3.8, 4) is 0 Å². The van der Waals surface area contributed by atoms with Crippen molar-refractivity contribution in [3.63, 3.8) is 0 Å². The first-order chi connectivity index (χ1) is 10.7. The van der Waals surface area contributed by atoms with Crippen molar-refractivity contribution in [2.45, 2.75) is 39.5 Å². The second kappa shape index (κ2) is 9.06. The minimum absolute atomic E-state index is 0.282. The molecule has 0 spiro atoms. The van der Waals surface area contributed by atoms with Gasteiger partial charge in [0.25, 0.3) is 0 Å². The highest BCUT2D eigenvalue weighted by atomic mass is 16.5. The summed E-state index contributed by atoms with van der Waals surface area (Å²) in [6.07, 6.45) is 4.07. The number of ether oxygens (including phenoxy) is 1. The molecule has 122 valence electrons. The van der Waals surface area contributed by atoms with Gasteiger partial charge in [-0.3, -0.25) is 4.79 Å². The number of ketones is 1. The number of likely N-dealkylation sites (tertiary alicyclic amines) is 1. The summed E-state index contributed by atoms with van der Waals surface area (Å²) in [4.78, 5) is 14.7. The van der Waals surface area contributed by atoms with E-state index in [2.05, 4.69) is 11.8 Å². The molecule has 0 amide bonds. The van der Waals surface area contributed by atoms with Crippen LogP contribution in [0.5, 0.6) is 0 Å². The van der Waals surface area contributed by atoms with Crippen LogP contribution in [-0.4, -0.2) is 43.5 Å². The maximum atomic E-state index is 12.2. The first-order valence-corrected chi connectivity index (χ1v) is 8.59. The third-order valence-corrected chi connectivity index (χ3v) is 4.59. The molecule has 1 fully saturated rings. The lowest BCUT2D eigenvalue weighted by Crippen LogP contribution is -2.35. The Morgan fingerprint density at radius 3 is 2.68 bits per heavy atom.